The van der Waals surface area contributed by atoms with Crippen LogP contribution >= 0.6 is 0 Å². The van der Waals surface area contributed by atoms with E-state index in [1.165, 1.54) is 19.1 Å². The molecule has 1 aromatic rings. The molecule has 122 valence electrons. The van der Waals surface area contributed by atoms with Crippen molar-refractivity contribution in [3.05, 3.63) is 29.6 Å². The van der Waals surface area contributed by atoms with Gasteiger partial charge in [-0.3, -0.25) is 4.79 Å². The van der Waals surface area contributed by atoms with Crippen molar-refractivity contribution < 1.29 is 19.0 Å². The van der Waals surface area contributed by atoms with Crippen LogP contribution in [0.15, 0.2) is 18.2 Å². The third-order valence-electron chi connectivity index (χ3n) is 4.10. The number of ether oxygens (including phenoxy) is 1. The molecule has 0 aromatic heterocycles. The van der Waals surface area contributed by atoms with Crippen molar-refractivity contribution in [3.8, 4) is 5.75 Å². The average molecular weight is 309 g/mol. The molecule has 0 aliphatic carbocycles. The zero-order valence-corrected chi connectivity index (χ0v) is 13.2. The fourth-order valence-electron chi connectivity index (χ4n) is 2.68. The number of hydrogen-bond acceptors (Lipinski definition) is 4. The molecule has 0 radical (unpaired) electrons. The zero-order valence-electron chi connectivity index (χ0n) is 13.2. The van der Waals surface area contributed by atoms with Crippen LogP contribution < -0.4 is 4.74 Å². The molecule has 1 aromatic carbocycles. The fraction of sp³-hybridized carbons (Fsp3) is 0.588. The molecule has 4 nitrogen and oxygen atoms in total. The second-order valence-corrected chi connectivity index (χ2v) is 6.14. The second kappa shape index (κ2) is 7.70. The highest BCUT2D eigenvalue weighted by Crippen LogP contribution is 2.21. The number of piperidine rings is 1. The Balaban J connectivity index is 1.86. The maximum absolute atomic E-state index is 13.2. The van der Waals surface area contributed by atoms with Gasteiger partial charge >= 0.3 is 0 Å². The van der Waals surface area contributed by atoms with E-state index in [-0.39, 0.29) is 18.0 Å². The Kier molecular flexibility index (Phi) is 5.91. The Bertz CT molecular complexity index is 513. The molecule has 22 heavy (non-hydrogen) atoms. The Hall–Kier alpha value is -1.46. The summed E-state index contributed by atoms with van der Waals surface area (Å²) in [7, 11) is 0. The quantitative estimate of drug-likeness (QED) is 0.820. The smallest absolute Gasteiger partial charge is 0.163 e. The van der Waals surface area contributed by atoms with Gasteiger partial charge in [-0.05, 0) is 57.0 Å². The third kappa shape index (κ3) is 4.78. The van der Waals surface area contributed by atoms with Gasteiger partial charge in [0.1, 0.15) is 24.3 Å². The van der Waals surface area contributed by atoms with Gasteiger partial charge in [0, 0.05) is 6.54 Å². The van der Waals surface area contributed by atoms with Gasteiger partial charge in [-0.1, -0.05) is 6.92 Å². The summed E-state index contributed by atoms with van der Waals surface area (Å²) in [5.41, 5.74) is 0.207. The largest absolute Gasteiger partial charge is 0.490 e. The molecule has 5 heteroatoms. The predicted octanol–water partition coefficient (Wildman–Crippen LogP) is 2.50. The minimum absolute atomic E-state index is 0.0952. The molecular formula is C17H24FNO3. The number of aliphatic hydroxyl groups excluding tert-OH is 1. The van der Waals surface area contributed by atoms with Gasteiger partial charge in [-0.15, -0.1) is 0 Å². The lowest BCUT2D eigenvalue weighted by Crippen LogP contribution is -2.40. The molecule has 1 heterocycles. The number of likely N-dealkylation sites (tertiary alicyclic amines) is 1. The van der Waals surface area contributed by atoms with Crippen molar-refractivity contribution in [2.24, 2.45) is 5.92 Å². The van der Waals surface area contributed by atoms with E-state index < -0.39 is 11.9 Å². The van der Waals surface area contributed by atoms with E-state index in [1.54, 1.807) is 0 Å². The number of Topliss-reactive ketones (excluding diaryl/α,β-unsaturated/α-hetero) is 1. The number of halogens is 1. The van der Waals surface area contributed by atoms with Crippen molar-refractivity contribution in [2.75, 3.05) is 26.2 Å². The molecule has 0 saturated carbocycles. The van der Waals surface area contributed by atoms with Gasteiger partial charge < -0.3 is 14.7 Å². The van der Waals surface area contributed by atoms with Gasteiger partial charge in [-0.25, -0.2) is 4.39 Å². The zero-order chi connectivity index (χ0) is 16.1. The summed E-state index contributed by atoms with van der Waals surface area (Å²) >= 11 is 0. The van der Waals surface area contributed by atoms with Gasteiger partial charge in [0.15, 0.2) is 5.78 Å². The van der Waals surface area contributed by atoms with Gasteiger partial charge in [0.05, 0.1) is 5.56 Å². The van der Waals surface area contributed by atoms with Crippen molar-refractivity contribution in [1.29, 1.82) is 0 Å². The molecule has 1 N–H and O–H groups in total. The standard InChI is InChI=1S/C17H24FNO3/c1-12-5-7-19(8-6-12)10-15(21)11-22-17-4-3-14(18)9-16(17)13(2)20/h3-4,9,12,15,21H,5-8,10-11H2,1-2H3/t15-/m0/s1. The number of aliphatic hydroxyl groups is 1. The van der Waals surface area contributed by atoms with Crippen molar-refractivity contribution in [1.82, 2.24) is 4.90 Å². The second-order valence-electron chi connectivity index (χ2n) is 6.14. The van der Waals surface area contributed by atoms with Crippen LogP contribution in [-0.4, -0.2) is 48.1 Å². The number of rotatable bonds is 6. The summed E-state index contributed by atoms with van der Waals surface area (Å²) in [5.74, 6) is 0.344. The molecule has 1 atom stereocenters. The Morgan fingerprint density at radius 1 is 1.45 bits per heavy atom. The first-order valence-electron chi connectivity index (χ1n) is 7.79. The normalized spacial score (nSPS) is 18.2. The lowest BCUT2D eigenvalue weighted by molar-refractivity contribution is 0.0558. The number of ketones is 1. The fourth-order valence-corrected chi connectivity index (χ4v) is 2.68. The average Bonchev–Trinajstić information content (AvgIpc) is 2.48. The van der Waals surface area contributed by atoms with Crippen LogP contribution in [0.5, 0.6) is 5.75 Å². The van der Waals surface area contributed by atoms with Gasteiger partial charge in [0.25, 0.3) is 0 Å². The molecule has 1 aliphatic rings. The number of hydrogen-bond donors (Lipinski definition) is 1. The van der Waals surface area contributed by atoms with Crippen LogP contribution in [0.2, 0.25) is 0 Å². The van der Waals surface area contributed by atoms with E-state index in [0.29, 0.717) is 12.3 Å². The molecule has 2 rings (SSSR count). The maximum Gasteiger partial charge on any atom is 0.163 e. The molecule has 0 spiro atoms. The van der Waals surface area contributed by atoms with Crippen molar-refractivity contribution in [2.45, 2.75) is 32.8 Å². The van der Waals surface area contributed by atoms with E-state index >= 15 is 0 Å². The number of nitrogens with zero attached hydrogens (tertiary/aromatic N) is 1. The molecule has 1 saturated heterocycles. The number of β-amino-alcohol motifs (C(OH)–C–C–N with tert-alkyl or cyclic N) is 1. The Labute approximate surface area is 130 Å². The van der Waals surface area contributed by atoms with Crippen LogP contribution in [0.3, 0.4) is 0 Å². The van der Waals surface area contributed by atoms with Crippen LogP contribution in [0.25, 0.3) is 0 Å². The SMILES string of the molecule is CC(=O)c1cc(F)ccc1OC[C@@H](O)CN1CCC(C)CC1. The first-order valence-corrected chi connectivity index (χ1v) is 7.79. The van der Waals surface area contributed by atoms with E-state index in [2.05, 4.69) is 11.8 Å². The highest BCUT2D eigenvalue weighted by atomic mass is 19.1. The molecule has 1 aliphatic heterocycles. The summed E-state index contributed by atoms with van der Waals surface area (Å²) in [6.45, 7) is 6.25. The number of benzene rings is 1. The number of carbonyl (C=O) groups excluding carboxylic acids is 1. The Morgan fingerprint density at radius 2 is 2.14 bits per heavy atom. The van der Waals surface area contributed by atoms with E-state index in [9.17, 15) is 14.3 Å². The van der Waals surface area contributed by atoms with Crippen LogP contribution in [0, 0.1) is 11.7 Å². The first kappa shape index (κ1) is 16.9. The molecule has 0 bridgehead atoms. The van der Waals surface area contributed by atoms with Crippen molar-refractivity contribution >= 4 is 5.78 Å². The van der Waals surface area contributed by atoms with Crippen LogP contribution in [0.4, 0.5) is 4.39 Å². The molecule has 0 unspecified atom stereocenters. The maximum atomic E-state index is 13.2. The van der Waals surface area contributed by atoms with Gasteiger partial charge in [-0.2, -0.15) is 0 Å². The predicted molar refractivity (Wildman–Crippen MR) is 82.7 cm³/mol. The van der Waals surface area contributed by atoms with E-state index in [4.69, 9.17) is 4.74 Å². The summed E-state index contributed by atoms with van der Waals surface area (Å²) in [4.78, 5) is 13.7. The minimum Gasteiger partial charge on any atom is -0.490 e. The van der Waals surface area contributed by atoms with Crippen molar-refractivity contribution in [3.63, 3.8) is 0 Å². The molecule has 0 amide bonds. The summed E-state index contributed by atoms with van der Waals surface area (Å²) in [6, 6.07) is 3.84. The molecule has 1 fully saturated rings. The van der Waals surface area contributed by atoms with Gasteiger partial charge in [0.2, 0.25) is 0 Å². The first-order chi connectivity index (χ1) is 10.5. The highest BCUT2D eigenvalue weighted by Gasteiger charge is 2.19. The lowest BCUT2D eigenvalue weighted by atomic mass is 9.99. The monoisotopic (exact) mass is 309 g/mol. The molecular weight excluding hydrogens is 285 g/mol. The van der Waals surface area contributed by atoms with E-state index in [0.717, 1.165) is 37.9 Å². The van der Waals surface area contributed by atoms with Crippen LogP contribution in [-0.2, 0) is 0 Å². The highest BCUT2D eigenvalue weighted by molar-refractivity contribution is 5.96. The third-order valence-corrected chi connectivity index (χ3v) is 4.10. The lowest BCUT2D eigenvalue weighted by Gasteiger charge is -2.31. The topological polar surface area (TPSA) is 49.8 Å². The van der Waals surface area contributed by atoms with E-state index in [1.807, 2.05) is 0 Å². The minimum atomic E-state index is -0.627. The Morgan fingerprint density at radius 3 is 2.77 bits per heavy atom. The number of carbonyl (C=O) groups is 1. The summed E-state index contributed by atoms with van der Waals surface area (Å²) in [5, 5.41) is 10.1. The summed E-state index contributed by atoms with van der Waals surface area (Å²) in [6.07, 6.45) is 1.68. The van der Waals surface area contributed by atoms with Crippen LogP contribution in [0.1, 0.15) is 37.0 Å². The summed E-state index contributed by atoms with van der Waals surface area (Å²) < 4.78 is 18.7.